The molecule has 0 aliphatic heterocycles. The molecule has 308 valence electrons. The third-order valence-electron chi connectivity index (χ3n) is 13.3. The van der Waals surface area contributed by atoms with E-state index in [1.54, 1.807) is 23.3 Å². The summed E-state index contributed by atoms with van der Waals surface area (Å²) in [5.41, 5.74) is 9.88. The quantitative estimate of drug-likeness (QED) is 0.0947. The van der Waals surface area contributed by atoms with E-state index in [4.69, 9.17) is 0 Å². The van der Waals surface area contributed by atoms with Crippen molar-refractivity contribution in [2.75, 3.05) is 0 Å². The zero-order chi connectivity index (χ0) is 40.1. The van der Waals surface area contributed by atoms with Gasteiger partial charge in [0, 0.05) is 0 Å². The largest absolute Gasteiger partial charge is 1.00 e. The molecule has 2 aliphatic carbocycles. The summed E-state index contributed by atoms with van der Waals surface area (Å²) in [6.45, 7) is 9.28. The minimum absolute atomic E-state index is 0. The maximum atomic E-state index is 2.47. The molecule has 2 aliphatic rings. The molecule has 0 spiro atoms. The van der Waals surface area contributed by atoms with Crippen LogP contribution < -0.4 is 24.8 Å². The molecule has 0 heterocycles. The molecule has 0 bridgehead atoms. The second kappa shape index (κ2) is 20.7. The van der Waals surface area contributed by atoms with Crippen molar-refractivity contribution in [3.63, 3.8) is 0 Å². The molecule has 0 saturated heterocycles. The molecule has 8 aromatic carbocycles. The van der Waals surface area contributed by atoms with Crippen LogP contribution in [0, 0.1) is 10.8 Å². The molecule has 0 aromatic heterocycles. The number of hydrogen-bond donors (Lipinski definition) is 0. The Morgan fingerprint density at radius 2 is 0.817 bits per heavy atom. The minimum Gasteiger partial charge on any atom is -1.00 e. The van der Waals surface area contributed by atoms with Crippen LogP contribution in [0.15, 0.2) is 146 Å². The smallest absolute Gasteiger partial charge is 1.00 e. The summed E-state index contributed by atoms with van der Waals surface area (Å²) in [4.78, 5) is 0. The van der Waals surface area contributed by atoms with Crippen molar-refractivity contribution >= 4 is 48.5 Å². The Hall–Kier alpha value is -3.26. The van der Waals surface area contributed by atoms with Crippen LogP contribution in [-0.2, 0) is 36.2 Å². The first-order valence-corrected chi connectivity index (χ1v) is 28.3. The van der Waals surface area contributed by atoms with Crippen LogP contribution in [0.5, 0.6) is 0 Å². The topological polar surface area (TPSA) is 0 Å². The molecular weight excluding hydrogens is 863 g/mol. The first-order chi connectivity index (χ1) is 28.3. The van der Waals surface area contributed by atoms with E-state index in [0.29, 0.717) is 10.8 Å². The number of benzene rings is 6. The van der Waals surface area contributed by atoms with E-state index in [2.05, 4.69) is 173 Å². The van der Waals surface area contributed by atoms with Gasteiger partial charge in [-0.2, -0.15) is 12.1 Å². The number of fused-ring (bicyclic) bond motifs is 4. The van der Waals surface area contributed by atoms with Gasteiger partial charge < -0.3 is 24.8 Å². The van der Waals surface area contributed by atoms with Gasteiger partial charge in [0.15, 0.2) is 0 Å². The van der Waals surface area contributed by atoms with Gasteiger partial charge in [-0.05, 0) is 94.9 Å². The average Bonchev–Trinajstić information content (AvgIpc) is 3.82. The van der Waals surface area contributed by atoms with Crippen LogP contribution in [0.25, 0.3) is 65.3 Å². The van der Waals surface area contributed by atoms with E-state index in [-0.39, 0.29) is 30.2 Å². The van der Waals surface area contributed by atoms with E-state index in [0.717, 1.165) is 0 Å². The van der Waals surface area contributed by atoms with Gasteiger partial charge in [-0.25, -0.2) is 0 Å². The Morgan fingerprint density at radius 1 is 0.483 bits per heavy atom. The number of hydrogen-bond acceptors (Lipinski definition) is 0. The first-order valence-electron chi connectivity index (χ1n) is 22.1. The maximum absolute atomic E-state index is 2.47. The summed E-state index contributed by atoms with van der Waals surface area (Å²) in [7, 11) is 0. The summed E-state index contributed by atoms with van der Waals surface area (Å²) in [5, 5.41) is 10.9. The van der Waals surface area contributed by atoms with Crippen molar-refractivity contribution in [3.8, 4) is 22.3 Å². The summed E-state index contributed by atoms with van der Waals surface area (Å²) >= 11 is 1.74. The molecule has 8 aromatic rings. The molecule has 60 heavy (non-hydrogen) atoms. The third kappa shape index (κ3) is 10.2. The summed E-state index contributed by atoms with van der Waals surface area (Å²) < 4.78 is 0. The van der Waals surface area contributed by atoms with E-state index in [1.807, 2.05) is 0 Å². The second-order valence-electron chi connectivity index (χ2n) is 18.0. The molecule has 0 amide bonds. The van der Waals surface area contributed by atoms with Crippen molar-refractivity contribution in [2.24, 2.45) is 10.8 Å². The molecule has 2 saturated carbocycles. The van der Waals surface area contributed by atoms with Crippen molar-refractivity contribution < 1.29 is 48.1 Å². The molecule has 0 nitrogen and oxygen atoms in total. The van der Waals surface area contributed by atoms with Crippen molar-refractivity contribution in [1.82, 2.24) is 0 Å². The van der Waals surface area contributed by atoms with E-state index in [1.165, 1.54) is 154 Å². The molecule has 0 radical (unpaired) electrons. The average molecular weight is 923 g/mol. The minimum atomic E-state index is 0. The van der Waals surface area contributed by atoms with Crippen LogP contribution in [-0.4, -0.2) is 5.43 Å². The van der Waals surface area contributed by atoms with E-state index in [9.17, 15) is 0 Å². The van der Waals surface area contributed by atoms with Crippen LogP contribution in [0.3, 0.4) is 0 Å². The predicted molar refractivity (Wildman–Crippen MR) is 252 cm³/mol. The van der Waals surface area contributed by atoms with Crippen LogP contribution in [0.2, 0.25) is 13.1 Å². The maximum Gasteiger partial charge on any atom is -1.00 e. The van der Waals surface area contributed by atoms with Crippen molar-refractivity contribution in [1.29, 1.82) is 0 Å². The molecular formula is C56H60Cl2SiZr-2. The standard InChI is InChI=1S/2C27H27.C2H6Si.2ClH.Zr/c2*1-2-14-27(15-7-16-27)19-20-17-22-10-6-13-25(26(22)18-20)24-12-5-9-21-8-3-4-11-23(21)24;1-3-2;;;/h2*3-6,8-13,17-18H,2,7,14-16,19H2,1H3;1-2H3;2*1H;/q2*-1;;;;+2/p-2. The van der Waals surface area contributed by atoms with Gasteiger partial charge in [-0.1, -0.05) is 148 Å². The fraction of sp³-hybridized carbons (Fsp3) is 0.321. The second-order valence-corrected chi connectivity index (χ2v) is 27.3. The predicted octanol–water partition coefficient (Wildman–Crippen LogP) is 10.6. The van der Waals surface area contributed by atoms with Gasteiger partial charge in [0.05, 0.1) is 0 Å². The fourth-order valence-electron chi connectivity index (χ4n) is 10.5. The molecule has 0 N–H and O–H groups in total. The van der Waals surface area contributed by atoms with Gasteiger partial charge in [-0.3, -0.25) is 0 Å². The Bertz CT molecular complexity index is 2480. The summed E-state index contributed by atoms with van der Waals surface area (Å²) in [5.74, 6) is 0. The van der Waals surface area contributed by atoms with Crippen molar-refractivity contribution in [2.45, 2.75) is 104 Å². The molecule has 0 unspecified atom stereocenters. The van der Waals surface area contributed by atoms with Gasteiger partial charge >= 0.3 is 41.9 Å². The SMILES string of the molecule is CCCC1(Cc2cc3c(-c4cccc5ccccc45)cccc3[cH-]2)CCC1.CCCC1(Cc2cc3c(-c4cccc5ccccc45)cccc3[cH-]2)CCC1.C[Si](C)=[Zr+2].[Cl-].[Cl-]. The number of halogens is 2. The molecule has 4 heteroatoms. The van der Waals surface area contributed by atoms with Gasteiger partial charge in [0.2, 0.25) is 0 Å². The van der Waals surface area contributed by atoms with Gasteiger partial charge in [0.1, 0.15) is 0 Å². The van der Waals surface area contributed by atoms with E-state index >= 15 is 0 Å². The Kier molecular flexibility index (Phi) is 16.0. The molecule has 0 atom stereocenters. The van der Waals surface area contributed by atoms with Crippen LogP contribution >= 0.6 is 0 Å². The number of rotatable bonds is 10. The summed E-state index contributed by atoms with van der Waals surface area (Å²) in [6, 6.07) is 54.2. The first kappa shape index (κ1) is 46.2. The third-order valence-corrected chi connectivity index (χ3v) is 13.3. The van der Waals surface area contributed by atoms with Crippen LogP contribution in [0.4, 0.5) is 0 Å². The Balaban J connectivity index is 0.000000179. The Morgan fingerprint density at radius 3 is 1.17 bits per heavy atom. The molecule has 2 fully saturated rings. The normalized spacial score (nSPS) is 14.8. The fourth-order valence-corrected chi connectivity index (χ4v) is 10.5. The molecule has 10 rings (SSSR count). The van der Waals surface area contributed by atoms with Gasteiger partial charge in [-0.15, -0.1) is 69.1 Å². The summed E-state index contributed by atoms with van der Waals surface area (Å²) in [6.07, 6.45) is 16.4. The van der Waals surface area contributed by atoms with Crippen molar-refractivity contribution in [3.05, 3.63) is 157 Å². The monoisotopic (exact) mass is 920 g/mol. The van der Waals surface area contributed by atoms with Gasteiger partial charge in [0.25, 0.3) is 0 Å². The zero-order valence-electron chi connectivity index (χ0n) is 36.1. The Labute approximate surface area is 387 Å². The van der Waals surface area contributed by atoms with Crippen LogP contribution in [0.1, 0.15) is 89.2 Å². The van der Waals surface area contributed by atoms with E-state index < -0.39 is 0 Å². The zero-order valence-corrected chi connectivity index (χ0v) is 41.1.